The maximum Gasteiger partial charge on any atom is -0.00201 e. The molecule has 0 fully saturated rings. The number of hydrogen-bond donors (Lipinski definition) is 0. The fraction of sp³-hybridized carbons (Fsp3) is 0. The molecular weight excluding hydrogens is 504 g/mol. The third kappa shape index (κ3) is 3.49. The van der Waals surface area contributed by atoms with E-state index >= 15 is 0 Å². The highest BCUT2D eigenvalue weighted by Crippen LogP contribution is 2.51. The Kier molecular flexibility index (Phi) is 5.00. The van der Waals surface area contributed by atoms with Crippen molar-refractivity contribution in [3.05, 3.63) is 158 Å². The van der Waals surface area contributed by atoms with Gasteiger partial charge in [-0.05, 0) is 112 Å². The largest absolute Gasteiger partial charge is 0.0622 e. The van der Waals surface area contributed by atoms with Crippen molar-refractivity contribution in [3.8, 4) is 55.6 Å². The van der Waals surface area contributed by atoms with Gasteiger partial charge in [0.1, 0.15) is 0 Å². The summed E-state index contributed by atoms with van der Waals surface area (Å²) in [7, 11) is 0. The van der Waals surface area contributed by atoms with Crippen LogP contribution in [0.15, 0.2) is 158 Å². The fourth-order valence-electron chi connectivity index (χ4n) is 6.96. The topological polar surface area (TPSA) is 0 Å². The van der Waals surface area contributed by atoms with Gasteiger partial charge in [0.05, 0.1) is 0 Å². The molecule has 42 heavy (non-hydrogen) atoms. The van der Waals surface area contributed by atoms with Gasteiger partial charge in [0.15, 0.2) is 0 Å². The number of rotatable bonds is 3. The van der Waals surface area contributed by atoms with E-state index in [1.54, 1.807) is 0 Å². The number of fused-ring (bicyclic) bond motifs is 5. The molecule has 0 saturated heterocycles. The van der Waals surface area contributed by atoms with Gasteiger partial charge in [-0.15, -0.1) is 0 Å². The molecule has 1 aliphatic rings. The molecule has 0 spiro atoms. The Labute approximate surface area is 245 Å². The minimum absolute atomic E-state index is 1.24. The Morgan fingerprint density at radius 2 is 0.810 bits per heavy atom. The first-order chi connectivity index (χ1) is 20.8. The first-order valence-corrected chi connectivity index (χ1v) is 14.6. The van der Waals surface area contributed by atoms with E-state index in [-0.39, 0.29) is 0 Å². The van der Waals surface area contributed by atoms with Crippen LogP contribution in [0.25, 0.3) is 88.0 Å². The zero-order valence-corrected chi connectivity index (χ0v) is 23.0. The molecule has 0 radical (unpaired) electrons. The first kappa shape index (κ1) is 23.3. The number of benzene rings is 8. The summed E-state index contributed by atoms with van der Waals surface area (Å²) in [6.45, 7) is 0. The van der Waals surface area contributed by atoms with Crippen LogP contribution in [0.4, 0.5) is 0 Å². The molecule has 0 aliphatic heterocycles. The summed E-state index contributed by atoms with van der Waals surface area (Å²) < 4.78 is 0. The van der Waals surface area contributed by atoms with Crippen LogP contribution in [0.5, 0.6) is 0 Å². The molecule has 0 heteroatoms. The van der Waals surface area contributed by atoms with E-state index in [1.165, 1.54) is 88.0 Å². The molecule has 0 N–H and O–H groups in total. The van der Waals surface area contributed by atoms with Crippen molar-refractivity contribution in [2.24, 2.45) is 0 Å². The van der Waals surface area contributed by atoms with E-state index in [1.807, 2.05) is 0 Å². The molecule has 0 heterocycles. The molecule has 1 aliphatic carbocycles. The quantitative estimate of drug-likeness (QED) is 0.213. The van der Waals surface area contributed by atoms with Gasteiger partial charge in [0.25, 0.3) is 0 Å². The van der Waals surface area contributed by atoms with Crippen LogP contribution in [0.1, 0.15) is 0 Å². The fourth-order valence-corrected chi connectivity index (χ4v) is 6.96. The van der Waals surface area contributed by atoms with Crippen LogP contribution in [-0.2, 0) is 0 Å². The highest BCUT2D eigenvalue weighted by Gasteiger charge is 2.24. The Morgan fingerprint density at radius 3 is 1.62 bits per heavy atom. The average molecular weight is 531 g/mol. The zero-order chi connectivity index (χ0) is 27.6. The van der Waals surface area contributed by atoms with Gasteiger partial charge in [-0.25, -0.2) is 0 Å². The van der Waals surface area contributed by atoms with E-state index in [0.29, 0.717) is 0 Å². The van der Waals surface area contributed by atoms with Crippen molar-refractivity contribution in [3.63, 3.8) is 0 Å². The van der Waals surface area contributed by atoms with E-state index in [4.69, 9.17) is 0 Å². The second-order valence-electron chi connectivity index (χ2n) is 11.3. The van der Waals surface area contributed by atoms with Crippen LogP contribution in [0.3, 0.4) is 0 Å². The SMILES string of the molecule is c1ccc(-c2cc3ccccc3cc2-c2ccc3c4c(cccc24)-c2cc(-c4ccc5ccccc5c4)ccc2-3)cc1. The lowest BCUT2D eigenvalue weighted by Crippen LogP contribution is -1.89. The molecule has 0 saturated carbocycles. The molecule has 0 aromatic heterocycles. The smallest absolute Gasteiger partial charge is 0.00201 e. The van der Waals surface area contributed by atoms with Gasteiger partial charge in [-0.3, -0.25) is 0 Å². The van der Waals surface area contributed by atoms with E-state index in [0.717, 1.165) is 0 Å². The van der Waals surface area contributed by atoms with Gasteiger partial charge in [-0.2, -0.15) is 0 Å². The van der Waals surface area contributed by atoms with Crippen molar-refractivity contribution >= 4 is 32.3 Å². The summed E-state index contributed by atoms with van der Waals surface area (Å²) in [6.07, 6.45) is 0. The summed E-state index contributed by atoms with van der Waals surface area (Å²) in [5, 5.41) is 7.73. The second-order valence-corrected chi connectivity index (χ2v) is 11.3. The van der Waals surface area contributed by atoms with E-state index in [9.17, 15) is 0 Å². The summed E-state index contributed by atoms with van der Waals surface area (Å²) in [6, 6.07) is 58.1. The molecule has 0 amide bonds. The van der Waals surface area contributed by atoms with Crippen LogP contribution >= 0.6 is 0 Å². The Balaban J connectivity index is 1.25. The molecule has 0 atom stereocenters. The lowest BCUT2D eigenvalue weighted by atomic mass is 9.88. The molecule has 0 bridgehead atoms. The Hall–Kier alpha value is -5.46. The highest BCUT2D eigenvalue weighted by atomic mass is 14.3. The third-order valence-corrected chi connectivity index (χ3v) is 8.98. The summed E-state index contributed by atoms with van der Waals surface area (Å²) in [5.41, 5.74) is 12.9. The van der Waals surface area contributed by atoms with E-state index in [2.05, 4.69) is 158 Å². The van der Waals surface area contributed by atoms with Crippen molar-refractivity contribution in [2.45, 2.75) is 0 Å². The summed E-state index contributed by atoms with van der Waals surface area (Å²) in [5.74, 6) is 0. The molecule has 0 unspecified atom stereocenters. The molecule has 8 aromatic carbocycles. The second kappa shape index (κ2) is 9.03. The maximum absolute atomic E-state index is 2.39. The minimum Gasteiger partial charge on any atom is -0.0622 e. The lowest BCUT2D eigenvalue weighted by Gasteiger charge is -2.16. The molecular formula is C42H26. The van der Waals surface area contributed by atoms with Gasteiger partial charge < -0.3 is 0 Å². The average Bonchev–Trinajstić information content (AvgIpc) is 3.39. The predicted octanol–water partition coefficient (Wildman–Crippen LogP) is 11.8. The Morgan fingerprint density at radius 1 is 0.238 bits per heavy atom. The monoisotopic (exact) mass is 530 g/mol. The van der Waals surface area contributed by atoms with E-state index < -0.39 is 0 Å². The predicted molar refractivity (Wildman–Crippen MR) is 180 cm³/mol. The van der Waals surface area contributed by atoms with Gasteiger partial charge >= 0.3 is 0 Å². The standard InChI is InChI=1S/C42H26/c1-2-10-28(11-3-1)39-24-30-13-6-7-14-31(30)25-41(39)35-21-22-38-34-20-19-33(26-40(34)37-16-8-15-36(35)42(37)38)32-18-17-27-9-4-5-12-29(27)23-32/h1-26H. The molecule has 0 nitrogen and oxygen atoms in total. The van der Waals surface area contributed by atoms with Crippen molar-refractivity contribution in [1.82, 2.24) is 0 Å². The van der Waals surface area contributed by atoms with Crippen molar-refractivity contribution in [2.75, 3.05) is 0 Å². The van der Waals surface area contributed by atoms with Crippen LogP contribution < -0.4 is 0 Å². The van der Waals surface area contributed by atoms with Crippen LogP contribution in [0, 0.1) is 0 Å². The molecule has 8 aromatic rings. The Bertz CT molecular complexity index is 2340. The van der Waals surface area contributed by atoms with Crippen LogP contribution in [0.2, 0.25) is 0 Å². The third-order valence-electron chi connectivity index (χ3n) is 8.98. The van der Waals surface area contributed by atoms with Gasteiger partial charge in [0, 0.05) is 0 Å². The maximum atomic E-state index is 2.39. The summed E-state index contributed by atoms with van der Waals surface area (Å²) in [4.78, 5) is 0. The van der Waals surface area contributed by atoms with Crippen molar-refractivity contribution < 1.29 is 0 Å². The zero-order valence-electron chi connectivity index (χ0n) is 23.0. The van der Waals surface area contributed by atoms with Crippen LogP contribution in [-0.4, -0.2) is 0 Å². The van der Waals surface area contributed by atoms with Gasteiger partial charge in [0.2, 0.25) is 0 Å². The number of hydrogen-bond acceptors (Lipinski definition) is 0. The minimum atomic E-state index is 1.24. The van der Waals surface area contributed by atoms with Gasteiger partial charge in [-0.1, -0.05) is 133 Å². The highest BCUT2D eigenvalue weighted by molar-refractivity contribution is 6.20. The lowest BCUT2D eigenvalue weighted by molar-refractivity contribution is 1.62. The normalized spacial score (nSPS) is 11.8. The first-order valence-electron chi connectivity index (χ1n) is 14.6. The molecule has 194 valence electrons. The molecule has 9 rings (SSSR count). The summed E-state index contributed by atoms with van der Waals surface area (Å²) >= 11 is 0. The van der Waals surface area contributed by atoms with Crippen molar-refractivity contribution in [1.29, 1.82) is 0 Å².